The van der Waals surface area contributed by atoms with Crippen molar-refractivity contribution >= 4 is 45.2 Å². The Hall–Kier alpha value is -0.560. The van der Waals surface area contributed by atoms with Crippen LogP contribution in [0.3, 0.4) is 0 Å². The van der Waals surface area contributed by atoms with E-state index in [1.807, 2.05) is 30.3 Å². The average molecular weight is 302 g/mol. The van der Waals surface area contributed by atoms with Crippen LogP contribution in [0, 0.1) is 0 Å². The Balaban J connectivity index is 2.74. The zero-order chi connectivity index (χ0) is 13.4. The second-order valence-corrected chi connectivity index (χ2v) is 6.66. The van der Waals surface area contributed by atoms with Crippen molar-refractivity contribution in [2.75, 3.05) is 19.5 Å². The van der Waals surface area contributed by atoms with Gasteiger partial charge in [0.2, 0.25) is 0 Å². The topological polar surface area (TPSA) is 46.5 Å². The number of carbonyl (C=O) groups is 1. The molecule has 1 aromatic rings. The number of hydrogen-bond acceptors (Lipinski definition) is 6. The highest BCUT2D eigenvalue weighted by Crippen LogP contribution is 2.34. The Morgan fingerprint density at radius 1 is 1.44 bits per heavy atom. The molecule has 0 bridgehead atoms. The number of thioether (sulfide) groups is 2. The van der Waals surface area contributed by atoms with E-state index >= 15 is 0 Å². The van der Waals surface area contributed by atoms with Gasteiger partial charge in [-0.2, -0.15) is 0 Å². The number of aliphatic hydroxyl groups excluding tert-OH is 1. The largest absolute Gasteiger partial charge is 0.468 e. The Kier molecular flexibility index (Phi) is 7.34. The maximum Gasteiger partial charge on any atom is 0.323 e. The van der Waals surface area contributed by atoms with Crippen LogP contribution in [0.2, 0.25) is 0 Å². The first-order valence-corrected chi connectivity index (χ1v) is 7.53. The van der Waals surface area contributed by atoms with E-state index in [1.165, 1.54) is 30.6 Å². The third kappa shape index (κ3) is 4.97. The molecule has 0 aliphatic heterocycles. The molecule has 1 aromatic carbocycles. The molecule has 0 fully saturated rings. The maximum absolute atomic E-state index is 11.8. The van der Waals surface area contributed by atoms with Crippen molar-refractivity contribution in [3.8, 4) is 0 Å². The summed E-state index contributed by atoms with van der Waals surface area (Å²) in [6, 6.07) is 9.37. The van der Waals surface area contributed by atoms with Crippen molar-refractivity contribution in [3.05, 3.63) is 35.9 Å². The summed E-state index contributed by atoms with van der Waals surface area (Å²) in [4.78, 5) is 11.8. The van der Waals surface area contributed by atoms with Gasteiger partial charge in [0.25, 0.3) is 0 Å². The molecule has 1 N–H and O–H groups in total. The number of benzene rings is 1. The van der Waals surface area contributed by atoms with Crippen LogP contribution in [0.4, 0.5) is 0 Å². The summed E-state index contributed by atoms with van der Waals surface area (Å²) >= 11 is 7.81. The monoisotopic (exact) mass is 302 g/mol. The Bertz CT molecular complexity index is 395. The van der Waals surface area contributed by atoms with Gasteiger partial charge in [0.05, 0.1) is 13.7 Å². The van der Waals surface area contributed by atoms with Crippen LogP contribution in [-0.4, -0.2) is 34.1 Å². The molecule has 3 nitrogen and oxygen atoms in total. The highest BCUT2D eigenvalue weighted by molar-refractivity contribution is 8.47. The van der Waals surface area contributed by atoms with Gasteiger partial charge in [-0.1, -0.05) is 54.3 Å². The molecule has 1 rings (SSSR count). The second-order valence-electron chi connectivity index (χ2n) is 3.25. The molecule has 0 aromatic heterocycles. The zero-order valence-corrected chi connectivity index (χ0v) is 12.3. The summed E-state index contributed by atoms with van der Waals surface area (Å²) in [6.07, 6.45) is 0. The molecule has 0 spiro atoms. The number of aliphatic hydroxyl groups is 1. The van der Waals surface area contributed by atoms with Crippen molar-refractivity contribution in [2.45, 2.75) is 5.25 Å². The van der Waals surface area contributed by atoms with E-state index in [-0.39, 0.29) is 12.6 Å². The normalized spacial score (nSPS) is 11.9. The second kappa shape index (κ2) is 8.53. The number of rotatable bonds is 5. The van der Waals surface area contributed by atoms with Crippen LogP contribution in [0.25, 0.3) is 0 Å². The molecule has 0 saturated heterocycles. The molecule has 0 aliphatic carbocycles. The predicted octanol–water partition coefficient (Wildman–Crippen LogP) is 2.64. The Labute approximate surface area is 120 Å². The first-order chi connectivity index (χ1) is 8.69. The summed E-state index contributed by atoms with van der Waals surface area (Å²) < 4.78 is 5.42. The quantitative estimate of drug-likeness (QED) is 0.666. The molecule has 0 aliphatic rings. The highest BCUT2D eigenvalue weighted by Gasteiger charge is 2.23. The lowest BCUT2D eigenvalue weighted by molar-refractivity contribution is -0.140. The lowest BCUT2D eigenvalue weighted by Gasteiger charge is -2.14. The number of ether oxygens (including phenoxy) is 1. The summed E-state index contributed by atoms with van der Waals surface area (Å²) in [5, 5.41) is 8.29. The van der Waals surface area contributed by atoms with Gasteiger partial charge in [0.1, 0.15) is 8.78 Å². The van der Waals surface area contributed by atoms with Crippen molar-refractivity contribution in [3.63, 3.8) is 0 Å². The van der Waals surface area contributed by atoms with Gasteiger partial charge < -0.3 is 9.84 Å². The van der Waals surface area contributed by atoms with Crippen molar-refractivity contribution in [2.24, 2.45) is 0 Å². The van der Waals surface area contributed by atoms with E-state index in [4.69, 9.17) is 22.1 Å². The lowest BCUT2D eigenvalue weighted by atomic mass is 10.1. The lowest BCUT2D eigenvalue weighted by Crippen LogP contribution is -2.12. The van der Waals surface area contributed by atoms with E-state index < -0.39 is 5.25 Å². The van der Waals surface area contributed by atoms with Crippen LogP contribution in [-0.2, 0) is 9.53 Å². The van der Waals surface area contributed by atoms with Gasteiger partial charge in [-0.25, -0.2) is 0 Å². The molecule has 0 heterocycles. The molecular formula is C12H14O3S3. The number of esters is 1. The van der Waals surface area contributed by atoms with E-state index in [0.717, 1.165) is 5.56 Å². The van der Waals surface area contributed by atoms with Crippen molar-refractivity contribution < 1.29 is 14.6 Å². The van der Waals surface area contributed by atoms with Gasteiger partial charge in [-0.05, 0) is 5.56 Å². The molecule has 1 unspecified atom stereocenters. The third-order valence-electron chi connectivity index (χ3n) is 2.04. The van der Waals surface area contributed by atoms with E-state index in [1.54, 1.807) is 0 Å². The third-order valence-corrected chi connectivity index (χ3v) is 4.84. The Morgan fingerprint density at radius 3 is 2.67 bits per heavy atom. The Morgan fingerprint density at radius 2 is 2.11 bits per heavy atom. The number of hydrogen-bond donors (Lipinski definition) is 1. The van der Waals surface area contributed by atoms with Crippen LogP contribution < -0.4 is 0 Å². The van der Waals surface area contributed by atoms with E-state index in [0.29, 0.717) is 9.28 Å². The van der Waals surface area contributed by atoms with Crippen LogP contribution in [0.15, 0.2) is 30.3 Å². The molecule has 0 saturated carbocycles. The van der Waals surface area contributed by atoms with Gasteiger partial charge in [0, 0.05) is 5.75 Å². The van der Waals surface area contributed by atoms with E-state index in [2.05, 4.69) is 0 Å². The number of methoxy groups -OCH3 is 1. The predicted molar refractivity (Wildman–Crippen MR) is 80.9 cm³/mol. The van der Waals surface area contributed by atoms with Crippen molar-refractivity contribution in [1.82, 2.24) is 0 Å². The molecule has 18 heavy (non-hydrogen) atoms. The fraction of sp³-hybridized carbons (Fsp3) is 0.333. The van der Waals surface area contributed by atoms with Crippen LogP contribution >= 0.6 is 35.7 Å². The van der Waals surface area contributed by atoms with Crippen LogP contribution in [0.1, 0.15) is 10.8 Å². The van der Waals surface area contributed by atoms with Crippen molar-refractivity contribution in [1.29, 1.82) is 0 Å². The summed E-state index contributed by atoms with van der Waals surface area (Å²) in [5.74, 6) is 0.215. The molecule has 0 amide bonds. The minimum Gasteiger partial charge on any atom is -0.468 e. The first kappa shape index (κ1) is 15.5. The average Bonchev–Trinajstić information content (AvgIpc) is 2.42. The first-order valence-electron chi connectivity index (χ1n) is 5.26. The minimum atomic E-state index is -0.449. The van der Waals surface area contributed by atoms with Gasteiger partial charge >= 0.3 is 5.97 Å². The van der Waals surface area contributed by atoms with Gasteiger partial charge in [-0.15, -0.1) is 11.8 Å². The maximum atomic E-state index is 11.8. The van der Waals surface area contributed by atoms with E-state index in [9.17, 15) is 4.79 Å². The van der Waals surface area contributed by atoms with Crippen LogP contribution in [0.5, 0.6) is 0 Å². The molecule has 98 valence electrons. The number of carbonyl (C=O) groups excluding carboxylic acids is 1. The van der Waals surface area contributed by atoms with Gasteiger partial charge in [-0.3, -0.25) is 4.79 Å². The summed E-state index contributed by atoms with van der Waals surface area (Å²) in [5.41, 5.74) is 0.862. The smallest absolute Gasteiger partial charge is 0.323 e. The summed E-state index contributed by atoms with van der Waals surface area (Å²) in [6.45, 7) is 0.0690. The zero-order valence-electron chi connectivity index (χ0n) is 9.87. The number of thiocarbonyl (C=S) groups is 1. The minimum absolute atomic E-state index is 0.0690. The SMILES string of the molecule is COC(=O)C(SC(=S)SCCO)c1ccccc1. The summed E-state index contributed by atoms with van der Waals surface area (Å²) in [7, 11) is 1.36. The standard InChI is InChI=1S/C12H14O3S3/c1-15-11(14)10(9-5-3-2-4-6-9)18-12(16)17-8-7-13/h2-6,10,13H,7-8H2,1H3. The fourth-order valence-corrected chi connectivity index (χ4v) is 3.53. The van der Waals surface area contributed by atoms with Gasteiger partial charge in [0.15, 0.2) is 0 Å². The molecule has 6 heteroatoms. The molecule has 0 radical (unpaired) electrons. The highest BCUT2D eigenvalue weighted by atomic mass is 32.2. The molecule has 1 atom stereocenters. The molecular weight excluding hydrogens is 288 g/mol. The fourth-order valence-electron chi connectivity index (χ4n) is 1.25.